The average molecular weight is 265 g/mol. The molecular weight excluding hydrogens is 238 g/mol. The second-order valence-electron chi connectivity index (χ2n) is 5.11. The van der Waals surface area contributed by atoms with Gasteiger partial charge in [-0.05, 0) is 30.2 Å². The van der Waals surface area contributed by atoms with Crippen LogP contribution in [0.2, 0.25) is 0 Å². The third-order valence-electron chi connectivity index (χ3n) is 3.08. The lowest BCUT2D eigenvalue weighted by Crippen LogP contribution is -2.24. The van der Waals surface area contributed by atoms with Crippen molar-refractivity contribution in [2.45, 2.75) is 33.2 Å². The van der Waals surface area contributed by atoms with Crippen molar-refractivity contribution >= 4 is 5.82 Å². The summed E-state index contributed by atoms with van der Waals surface area (Å²) < 4.78 is 5.13. The van der Waals surface area contributed by atoms with E-state index in [9.17, 15) is 0 Å². The van der Waals surface area contributed by atoms with Gasteiger partial charge in [0.2, 0.25) is 0 Å². The van der Waals surface area contributed by atoms with E-state index in [1.807, 2.05) is 0 Å². The Morgan fingerprint density at radius 2 is 2.11 bits per heavy atom. The van der Waals surface area contributed by atoms with Gasteiger partial charge in [0, 0.05) is 32.9 Å². The molecule has 0 aliphatic carbocycles. The highest BCUT2D eigenvalue weighted by Crippen LogP contribution is 2.19. The average Bonchev–Trinajstić information content (AvgIpc) is 2.42. The number of rotatable bonds is 8. The molecule has 0 unspecified atom stereocenters. The molecule has 0 amide bonds. The molecule has 0 saturated carbocycles. The molecule has 0 atom stereocenters. The highest BCUT2D eigenvalue weighted by atomic mass is 16.5. The lowest BCUT2D eigenvalue weighted by Gasteiger charge is -2.20. The van der Waals surface area contributed by atoms with E-state index in [0.717, 1.165) is 31.1 Å². The first-order valence-corrected chi connectivity index (χ1v) is 7.00. The highest BCUT2D eigenvalue weighted by Gasteiger charge is 2.09. The number of methoxy groups -OCH3 is 1. The zero-order chi connectivity index (χ0) is 14.3. The number of likely N-dealkylation sites (N-methyl/N-ethyl adjacent to an activating group) is 1. The Balaban J connectivity index is 2.91. The Hall–Kier alpha value is -1.13. The van der Waals surface area contributed by atoms with Gasteiger partial charge in [-0.2, -0.15) is 0 Å². The molecule has 0 spiro atoms. The molecule has 4 nitrogen and oxygen atoms in total. The Labute approximate surface area is 117 Å². The minimum absolute atomic E-state index is 0.441. The molecule has 0 fully saturated rings. The molecule has 0 aromatic carbocycles. The van der Waals surface area contributed by atoms with Crippen LogP contribution in [0, 0.1) is 0 Å². The maximum absolute atomic E-state index is 5.13. The smallest absolute Gasteiger partial charge is 0.128 e. The first kappa shape index (κ1) is 15.9. The van der Waals surface area contributed by atoms with E-state index in [1.54, 1.807) is 7.11 Å². The zero-order valence-electron chi connectivity index (χ0n) is 12.9. The molecule has 1 aromatic rings. The van der Waals surface area contributed by atoms with E-state index in [0.29, 0.717) is 12.5 Å². The Morgan fingerprint density at radius 3 is 2.68 bits per heavy atom. The van der Waals surface area contributed by atoms with Crippen LogP contribution in [0.4, 0.5) is 5.82 Å². The van der Waals surface area contributed by atoms with E-state index < -0.39 is 0 Å². The molecule has 1 rings (SSSR count). The monoisotopic (exact) mass is 265 g/mol. The number of nitrogens with zero attached hydrogens (tertiary/aromatic N) is 2. The number of aromatic nitrogens is 1. The van der Waals surface area contributed by atoms with Crippen molar-refractivity contribution in [3.8, 4) is 0 Å². The Morgan fingerprint density at radius 1 is 1.37 bits per heavy atom. The van der Waals surface area contributed by atoms with Crippen molar-refractivity contribution in [1.82, 2.24) is 10.3 Å². The fourth-order valence-electron chi connectivity index (χ4n) is 1.80. The summed E-state index contributed by atoms with van der Waals surface area (Å²) in [5.41, 5.74) is 2.44. The van der Waals surface area contributed by atoms with E-state index in [-0.39, 0.29) is 0 Å². The minimum Gasteiger partial charge on any atom is -0.383 e. The van der Waals surface area contributed by atoms with Crippen LogP contribution in [-0.4, -0.2) is 38.8 Å². The summed E-state index contributed by atoms with van der Waals surface area (Å²) in [6.07, 6.45) is 0. The van der Waals surface area contributed by atoms with Crippen LogP contribution in [0.1, 0.15) is 37.9 Å². The third-order valence-corrected chi connectivity index (χ3v) is 3.08. The molecule has 0 bridgehead atoms. The second kappa shape index (κ2) is 8.12. The van der Waals surface area contributed by atoms with Gasteiger partial charge in [-0.15, -0.1) is 0 Å². The van der Waals surface area contributed by atoms with E-state index in [4.69, 9.17) is 9.72 Å². The first-order chi connectivity index (χ1) is 9.08. The molecule has 0 saturated heterocycles. The van der Waals surface area contributed by atoms with Gasteiger partial charge in [-0.3, -0.25) is 0 Å². The predicted octanol–water partition coefficient (Wildman–Crippen LogP) is 2.40. The molecule has 1 heterocycles. The number of hydrogen-bond acceptors (Lipinski definition) is 4. The second-order valence-corrected chi connectivity index (χ2v) is 5.11. The quantitative estimate of drug-likeness (QED) is 0.783. The first-order valence-electron chi connectivity index (χ1n) is 7.00. The van der Waals surface area contributed by atoms with Gasteiger partial charge in [0.05, 0.1) is 6.61 Å². The van der Waals surface area contributed by atoms with Crippen LogP contribution in [0.25, 0.3) is 0 Å². The number of nitrogens with one attached hydrogen (secondary N) is 1. The van der Waals surface area contributed by atoms with Crippen LogP contribution >= 0.6 is 0 Å². The van der Waals surface area contributed by atoms with Crippen molar-refractivity contribution in [3.63, 3.8) is 0 Å². The minimum atomic E-state index is 0.441. The summed E-state index contributed by atoms with van der Waals surface area (Å²) in [7, 11) is 3.78. The van der Waals surface area contributed by atoms with E-state index in [1.165, 1.54) is 5.56 Å². The van der Waals surface area contributed by atoms with Crippen LogP contribution < -0.4 is 10.2 Å². The molecule has 0 aliphatic heterocycles. The molecular formula is C15H27N3O. The summed E-state index contributed by atoms with van der Waals surface area (Å²) in [5.74, 6) is 1.47. The summed E-state index contributed by atoms with van der Waals surface area (Å²) in [6.45, 7) is 9.92. The topological polar surface area (TPSA) is 37.4 Å². The number of anilines is 1. The molecule has 0 radical (unpaired) electrons. The predicted molar refractivity (Wildman–Crippen MR) is 80.9 cm³/mol. The van der Waals surface area contributed by atoms with Crippen LogP contribution in [0.5, 0.6) is 0 Å². The van der Waals surface area contributed by atoms with E-state index in [2.05, 4.69) is 50.2 Å². The van der Waals surface area contributed by atoms with Crippen molar-refractivity contribution in [1.29, 1.82) is 0 Å². The van der Waals surface area contributed by atoms with Gasteiger partial charge < -0.3 is 15.0 Å². The van der Waals surface area contributed by atoms with Gasteiger partial charge in [0.1, 0.15) is 5.82 Å². The summed E-state index contributed by atoms with van der Waals surface area (Å²) >= 11 is 0. The van der Waals surface area contributed by atoms with Crippen LogP contribution in [-0.2, 0) is 11.3 Å². The molecule has 1 N–H and O–H groups in total. The number of hydrogen-bond donors (Lipinski definition) is 1. The SMILES string of the molecule is CCNCc1cc(C(C)C)nc(N(C)CCOC)c1. The lowest BCUT2D eigenvalue weighted by molar-refractivity contribution is 0.206. The van der Waals surface area contributed by atoms with Crippen molar-refractivity contribution in [3.05, 3.63) is 23.4 Å². The fraction of sp³-hybridized carbons (Fsp3) is 0.667. The van der Waals surface area contributed by atoms with Gasteiger partial charge in [0.15, 0.2) is 0 Å². The molecule has 0 aliphatic rings. The highest BCUT2D eigenvalue weighted by molar-refractivity contribution is 5.42. The van der Waals surface area contributed by atoms with Crippen molar-refractivity contribution in [2.24, 2.45) is 0 Å². The normalized spacial score (nSPS) is 11.1. The summed E-state index contributed by atoms with van der Waals surface area (Å²) in [5, 5.41) is 3.37. The standard InChI is InChI=1S/C15H27N3O/c1-6-16-11-13-9-14(12(2)3)17-15(10-13)18(4)7-8-19-5/h9-10,12,16H,6-8,11H2,1-5H3. The Kier molecular flexibility index (Phi) is 6.81. The number of ether oxygens (including phenoxy) is 1. The van der Waals surface area contributed by atoms with E-state index >= 15 is 0 Å². The lowest BCUT2D eigenvalue weighted by atomic mass is 10.1. The van der Waals surface area contributed by atoms with Gasteiger partial charge in [0.25, 0.3) is 0 Å². The maximum atomic E-state index is 5.13. The Bertz CT molecular complexity index is 380. The molecule has 1 aromatic heterocycles. The largest absolute Gasteiger partial charge is 0.383 e. The van der Waals surface area contributed by atoms with Crippen LogP contribution in [0.3, 0.4) is 0 Å². The maximum Gasteiger partial charge on any atom is 0.128 e. The van der Waals surface area contributed by atoms with Crippen LogP contribution in [0.15, 0.2) is 12.1 Å². The molecule has 108 valence electrons. The van der Waals surface area contributed by atoms with Gasteiger partial charge >= 0.3 is 0 Å². The van der Waals surface area contributed by atoms with Crippen molar-refractivity contribution < 1.29 is 4.74 Å². The van der Waals surface area contributed by atoms with Gasteiger partial charge in [-0.1, -0.05) is 20.8 Å². The summed E-state index contributed by atoms with van der Waals surface area (Å²) in [4.78, 5) is 6.88. The zero-order valence-corrected chi connectivity index (χ0v) is 12.9. The molecule has 4 heteroatoms. The third kappa shape index (κ3) is 5.17. The fourth-order valence-corrected chi connectivity index (χ4v) is 1.80. The summed E-state index contributed by atoms with van der Waals surface area (Å²) in [6, 6.07) is 4.35. The van der Waals surface area contributed by atoms with Crippen molar-refractivity contribution in [2.75, 3.05) is 38.8 Å². The molecule has 19 heavy (non-hydrogen) atoms. The van der Waals surface area contributed by atoms with Gasteiger partial charge in [-0.25, -0.2) is 4.98 Å². The number of pyridine rings is 1.